The summed E-state index contributed by atoms with van der Waals surface area (Å²) < 4.78 is 16.1. The lowest BCUT2D eigenvalue weighted by atomic mass is 10.2. The Hall–Kier alpha value is -2.61. The lowest BCUT2D eigenvalue weighted by Crippen LogP contribution is -2.20. The summed E-state index contributed by atoms with van der Waals surface area (Å²) in [6.45, 7) is 2.11. The van der Waals surface area contributed by atoms with Gasteiger partial charge in [-0.3, -0.25) is 0 Å². The van der Waals surface area contributed by atoms with Gasteiger partial charge in [-0.1, -0.05) is 6.07 Å². The van der Waals surface area contributed by atoms with Crippen LogP contribution in [0.1, 0.15) is 18.4 Å². The molecule has 0 bridgehead atoms. The summed E-state index contributed by atoms with van der Waals surface area (Å²) in [6, 6.07) is 5.78. The van der Waals surface area contributed by atoms with Gasteiger partial charge in [0.2, 0.25) is 5.95 Å². The second-order valence-electron chi connectivity index (χ2n) is 5.72. The van der Waals surface area contributed by atoms with Crippen molar-refractivity contribution in [2.24, 2.45) is 0 Å². The molecule has 1 aromatic carbocycles. The molecule has 0 saturated carbocycles. The second-order valence-corrected chi connectivity index (χ2v) is 5.72. The van der Waals surface area contributed by atoms with Crippen molar-refractivity contribution < 1.29 is 14.2 Å². The van der Waals surface area contributed by atoms with Crippen LogP contribution in [0.25, 0.3) is 0 Å². The zero-order valence-electron chi connectivity index (χ0n) is 14.5. The van der Waals surface area contributed by atoms with E-state index in [1.165, 1.54) is 0 Å². The SMILES string of the molecule is COc1ccc(CNc2cnnc(NCC3CCCO3)n2)cc1OC. The highest BCUT2D eigenvalue weighted by atomic mass is 16.5. The van der Waals surface area contributed by atoms with Crippen LogP contribution in [0.2, 0.25) is 0 Å². The van der Waals surface area contributed by atoms with E-state index in [1.54, 1.807) is 20.4 Å². The number of hydrogen-bond acceptors (Lipinski definition) is 8. The van der Waals surface area contributed by atoms with E-state index in [1.807, 2.05) is 18.2 Å². The lowest BCUT2D eigenvalue weighted by molar-refractivity contribution is 0.120. The van der Waals surface area contributed by atoms with Gasteiger partial charge in [0.15, 0.2) is 17.3 Å². The Morgan fingerprint density at radius 1 is 1.20 bits per heavy atom. The number of benzene rings is 1. The zero-order valence-corrected chi connectivity index (χ0v) is 14.5. The van der Waals surface area contributed by atoms with E-state index >= 15 is 0 Å². The molecule has 0 radical (unpaired) electrons. The highest BCUT2D eigenvalue weighted by Crippen LogP contribution is 2.27. The van der Waals surface area contributed by atoms with Gasteiger partial charge in [-0.2, -0.15) is 10.1 Å². The molecule has 134 valence electrons. The molecule has 1 unspecified atom stereocenters. The highest BCUT2D eigenvalue weighted by Gasteiger charge is 2.15. The van der Waals surface area contributed by atoms with Crippen molar-refractivity contribution in [1.29, 1.82) is 0 Å². The van der Waals surface area contributed by atoms with E-state index in [0.29, 0.717) is 36.4 Å². The first-order valence-corrected chi connectivity index (χ1v) is 8.28. The van der Waals surface area contributed by atoms with Crippen LogP contribution in [-0.4, -0.2) is 48.7 Å². The fourth-order valence-electron chi connectivity index (χ4n) is 2.66. The molecule has 1 aromatic heterocycles. The van der Waals surface area contributed by atoms with Crippen molar-refractivity contribution in [1.82, 2.24) is 15.2 Å². The lowest BCUT2D eigenvalue weighted by Gasteiger charge is -2.12. The van der Waals surface area contributed by atoms with Crippen LogP contribution in [0.4, 0.5) is 11.8 Å². The Bertz CT molecular complexity index is 692. The van der Waals surface area contributed by atoms with Gasteiger partial charge in [0.25, 0.3) is 0 Å². The van der Waals surface area contributed by atoms with Crippen molar-refractivity contribution >= 4 is 11.8 Å². The van der Waals surface area contributed by atoms with Crippen molar-refractivity contribution in [2.75, 3.05) is 38.0 Å². The third kappa shape index (κ3) is 4.69. The molecular formula is C17H23N5O3. The molecule has 8 heteroatoms. The van der Waals surface area contributed by atoms with Crippen LogP contribution in [-0.2, 0) is 11.3 Å². The monoisotopic (exact) mass is 345 g/mol. The van der Waals surface area contributed by atoms with Gasteiger partial charge in [0.05, 0.1) is 26.5 Å². The van der Waals surface area contributed by atoms with Crippen LogP contribution in [0, 0.1) is 0 Å². The summed E-state index contributed by atoms with van der Waals surface area (Å²) in [7, 11) is 3.24. The molecule has 0 aliphatic carbocycles. The van der Waals surface area contributed by atoms with Crippen molar-refractivity contribution in [3.05, 3.63) is 30.0 Å². The molecule has 1 saturated heterocycles. The minimum atomic E-state index is 0.229. The average molecular weight is 345 g/mol. The molecule has 2 heterocycles. The molecule has 0 spiro atoms. The number of methoxy groups -OCH3 is 2. The number of nitrogens with one attached hydrogen (secondary N) is 2. The summed E-state index contributed by atoms with van der Waals surface area (Å²) in [5, 5.41) is 14.4. The minimum absolute atomic E-state index is 0.229. The van der Waals surface area contributed by atoms with Crippen LogP contribution in [0.15, 0.2) is 24.4 Å². The Balaban J connectivity index is 1.56. The third-order valence-electron chi connectivity index (χ3n) is 3.99. The van der Waals surface area contributed by atoms with Gasteiger partial charge < -0.3 is 24.8 Å². The fourth-order valence-corrected chi connectivity index (χ4v) is 2.66. The highest BCUT2D eigenvalue weighted by molar-refractivity contribution is 5.44. The first kappa shape index (κ1) is 17.2. The zero-order chi connectivity index (χ0) is 17.5. The van der Waals surface area contributed by atoms with Gasteiger partial charge >= 0.3 is 0 Å². The molecule has 2 N–H and O–H groups in total. The molecule has 3 rings (SSSR count). The van der Waals surface area contributed by atoms with Crippen molar-refractivity contribution in [3.8, 4) is 11.5 Å². The predicted octanol–water partition coefficient (Wildman–Crippen LogP) is 2.09. The first-order chi connectivity index (χ1) is 12.3. The molecular weight excluding hydrogens is 322 g/mol. The number of rotatable bonds is 8. The first-order valence-electron chi connectivity index (χ1n) is 8.28. The molecule has 1 atom stereocenters. The van der Waals surface area contributed by atoms with Gasteiger partial charge in [0, 0.05) is 19.7 Å². The summed E-state index contributed by atoms with van der Waals surface area (Å²) in [5.41, 5.74) is 1.05. The normalized spacial score (nSPS) is 16.5. The van der Waals surface area contributed by atoms with Crippen LogP contribution in [0.5, 0.6) is 11.5 Å². The van der Waals surface area contributed by atoms with Crippen LogP contribution in [0.3, 0.4) is 0 Å². The van der Waals surface area contributed by atoms with Gasteiger partial charge in [0.1, 0.15) is 0 Å². The number of anilines is 2. The second kappa shape index (κ2) is 8.48. The van der Waals surface area contributed by atoms with Crippen molar-refractivity contribution in [2.45, 2.75) is 25.5 Å². The van der Waals surface area contributed by atoms with Crippen LogP contribution < -0.4 is 20.1 Å². The molecule has 1 aliphatic rings. The molecule has 8 nitrogen and oxygen atoms in total. The topological polar surface area (TPSA) is 90.4 Å². The Morgan fingerprint density at radius 3 is 2.84 bits per heavy atom. The van der Waals surface area contributed by atoms with Gasteiger partial charge in [-0.05, 0) is 30.5 Å². The number of nitrogens with zero attached hydrogens (tertiary/aromatic N) is 3. The summed E-state index contributed by atoms with van der Waals surface area (Å²) in [6.07, 6.45) is 4.00. The number of ether oxygens (including phenoxy) is 3. The van der Waals surface area contributed by atoms with Crippen molar-refractivity contribution in [3.63, 3.8) is 0 Å². The summed E-state index contributed by atoms with van der Waals surface area (Å²) in [5.74, 6) is 2.55. The average Bonchev–Trinajstić information content (AvgIpc) is 3.18. The Morgan fingerprint density at radius 2 is 2.08 bits per heavy atom. The predicted molar refractivity (Wildman–Crippen MR) is 94.2 cm³/mol. The Labute approximate surface area is 146 Å². The van der Waals surface area contributed by atoms with E-state index < -0.39 is 0 Å². The maximum atomic E-state index is 5.57. The van der Waals surface area contributed by atoms with E-state index in [0.717, 1.165) is 25.0 Å². The van der Waals surface area contributed by atoms with E-state index in [4.69, 9.17) is 14.2 Å². The molecule has 2 aromatic rings. The molecule has 0 amide bonds. The van der Waals surface area contributed by atoms with E-state index in [2.05, 4.69) is 25.8 Å². The van der Waals surface area contributed by atoms with E-state index in [9.17, 15) is 0 Å². The van der Waals surface area contributed by atoms with Gasteiger partial charge in [-0.15, -0.1) is 5.10 Å². The smallest absolute Gasteiger partial charge is 0.244 e. The van der Waals surface area contributed by atoms with Gasteiger partial charge in [-0.25, -0.2) is 0 Å². The number of aromatic nitrogens is 3. The summed E-state index contributed by atoms with van der Waals surface area (Å²) >= 11 is 0. The standard InChI is InChI=1S/C17H23N5O3/c1-23-14-6-5-12(8-15(14)24-2)9-18-16-11-20-22-17(21-16)19-10-13-4-3-7-25-13/h5-6,8,11,13H,3-4,7,9-10H2,1-2H3,(H2,18,19,21,22). The third-order valence-corrected chi connectivity index (χ3v) is 3.99. The fraction of sp³-hybridized carbons (Fsp3) is 0.471. The Kier molecular flexibility index (Phi) is 5.84. The molecule has 25 heavy (non-hydrogen) atoms. The maximum absolute atomic E-state index is 5.57. The number of hydrogen-bond donors (Lipinski definition) is 2. The summed E-state index contributed by atoms with van der Waals surface area (Å²) in [4.78, 5) is 4.42. The molecule has 1 aliphatic heterocycles. The molecule has 1 fully saturated rings. The maximum Gasteiger partial charge on any atom is 0.244 e. The quantitative estimate of drug-likeness (QED) is 0.752. The largest absolute Gasteiger partial charge is 0.493 e. The minimum Gasteiger partial charge on any atom is -0.493 e. The van der Waals surface area contributed by atoms with Crippen LogP contribution >= 0.6 is 0 Å². The van der Waals surface area contributed by atoms with E-state index in [-0.39, 0.29) is 6.10 Å².